The minimum absolute atomic E-state index is 0.171. The number of likely N-dealkylation sites (N-methyl/N-ethyl adjacent to an activating group) is 1. The molecule has 1 saturated heterocycles. The topological polar surface area (TPSA) is 38.5 Å². The lowest BCUT2D eigenvalue weighted by molar-refractivity contribution is 0.159. The van der Waals surface area contributed by atoms with Crippen molar-refractivity contribution in [2.75, 3.05) is 26.8 Å². The molecular weight excluding hydrogens is 280 g/mol. The number of nitrogens with two attached hydrogens (primary N) is 1. The molecule has 1 aliphatic heterocycles. The summed E-state index contributed by atoms with van der Waals surface area (Å²) >= 11 is 3.57. The van der Waals surface area contributed by atoms with Gasteiger partial charge in [-0.05, 0) is 25.1 Å². The summed E-state index contributed by atoms with van der Waals surface area (Å²) in [6.07, 6.45) is 0.952. The molecule has 1 aromatic carbocycles. The van der Waals surface area contributed by atoms with Crippen molar-refractivity contribution in [1.82, 2.24) is 4.90 Å². The molecule has 2 N–H and O–H groups in total. The zero-order chi connectivity index (χ0) is 12.3. The summed E-state index contributed by atoms with van der Waals surface area (Å²) in [5.74, 6) is 0. The standard InChI is InChI=1S/C13H19BrN2O/c1-16(9-13(15)6-7-17-10-13)8-11-4-2-3-5-12(11)14/h2-5H,6-10,15H2,1H3. The lowest BCUT2D eigenvalue weighted by Gasteiger charge is -2.28. The van der Waals surface area contributed by atoms with E-state index in [4.69, 9.17) is 10.5 Å². The molecule has 0 saturated carbocycles. The maximum atomic E-state index is 6.27. The number of ether oxygens (including phenoxy) is 1. The molecule has 1 aliphatic rings. The Morgan fingerprint density at radius 3 is 2.88 bits per heavy atom. The minimum atomic E-state index is -0.171. The first-order valence-corrected chi connectivity index (χ1v) is 6.67. The Hall–Kier alpha value is -0.420. The highest BCUT2D eigenvalue weighted by atomic mass is 79.9. The number of nitrogens with zero attached hydrogens (tertiary/aromatic N) is 1. The molecular formula is C13H19BrN2O. The number of benzene rings is 1. The lowest BCUT2D eigenvalue weighted by Crippen LogP contribution is -2.49. The van der Waals surface area contributed by atoms with E-state index in [1.54, 1.807) is 0 Å². The highest BCUT2D eigenvalue weighted by molar-refractivity contribution is 9.10. The van der Waals surface area contributed by atoms with Gasteiger partial charge in [0.1, 0.15) is 0 Å². The van der Waals surface area contributed by atoms with E-state index >= 15 is 0 Å². The zero-order valence-electron chi connectivity index (χ0n) is 10.2. The van der Waals surface area contributed by atoms with Crippen LogP contribution in [0.2, 0.25) is 0 Å². The van der Waals surface area contributed by atoms with Crippen molar-refractivity contribution in [3.63, 3.8) is 0 Å². The summed E-state index contributed by atoms with van der Waals surface area (Å²) in [5.41, 5.74) is 7.39. The molecule has 3 nitrogen and oxygen atoms in total. The molecule has 2 rings (SSSR count). The minimum Gasteiger partial charge on any atom is -0.379 e. The van der Waals surface area contributed by atoms with Crippen LogP contribution in [0.3, 0.4) is 0 Å². The molecule has 0 amide bonds. The Balaban J connectivity index is 1.93. The van der Waals surface area contributed by atoms with Gasteiger partial charge in [0, 0.05) is 24.2 Å². The maximum Gasteiger partial charge on any atom is 0.0659 e. The Morgan fingerprint density at radius 2 is 2.24 bits per heavy atom. The Bertz CT molecular complexity index is 377. The van der Waals surface area contributed by atoms with Crippen LogP contribution in [0.15, 0.2) is 28.7 Å². The summed E-state index contributed by atoms with van der Waals surface area (Å²) in [7, 11) is 2.10. The molecule has 4 heteroatoms. The number of rotatable bonds is 4. The predicted molar refractivity (Wildman–Crippen MR) is 72.8 cm³/mol. The van der Waals surface area contributed by atoms with Gasteiger partial charge in [-0.1, -0.05) is 34.1 Å². The first-order chi connectivity index (χ1) is 8.09. The Labute approximate surface area is 111 Å². The van der Waals surface area contributed by atoms with Gasteiger partial charge >= 0.3 is 0 Å². The monoisotopic (exact) mass is 298 g/mol. The second-order valence-corrected chi connectivity index (χ2v) is 5.78. The van der Waals surface area contributed by atoms with Gasteiger partial charge in [-0.15, -0.1) is 0 Å². The Kier molecular flexibility index (Phi) is 4.20. The highest BCUT2D eigenvalue weighted by Gasteiger charge is 2.31. The van der Waals surface area contributed by atoms with Gasteiger partial charge < -0.3 is 15.4 Å². The molecule has 1 heterocycles. The average Bonchev–Trinajstić information content (AvgIpc) is 2.68. The molecule has 1 unspecified atom stereocenters. The van der Waals surface area contributed by atoms with Gasteiger partial charge in [-0.3, -0.25) is 0 Å². The van der Waals surface area contributed by atoms with Crippen molar-refractivity contribution in [3.8, 4) is 0 Å². The van der Waals surface area contributed by atoms with Crippen LogP contribution in [0.1, 0.15) is 12.0 Å². The third-order valence-corrected chi connectivity index (χ3v) is 3.89. The fraction of sp³-hybridized carbons (Fsp3) is 0.538. The fourth-order valence-corrected chi connectivity index (χ4v) is 2.67. The van der Waals surface area contributed by atoms with E-state index in [1.165, 1.54) is 5.56 Å². The predicted octanol–water partition coefficient (Wildman–Crippen LogP) is 2.00. The summed E-state index contributed by atoms with van der Waals surface area (Å²) in [4.78, 5) is 2.26. The molecule has 1 atom stereocenters. The normalized spacial score (nSPS) is 24.5. The van der Waals surface area contributed by atoms with Gasteiger partial charge in [0.15, 0.2) is 0 Å². The summed E-state index contributed by atoms with van der Waals surface area (Å²) in [5, 5.41) is 0. The highest BCUT2D eigenvalue weighted by Crippen LogP contribution is 2.20. The van der Waals surface area contributed by atoms with E-state index in [-0.39, 0.29) is 5.54 Å². The van der Waals surface area contributed by atoms with Gasteiger partial charge in [-0.25, -0.2) is 0 Å². The van der Waals surface area contributed by atoms with Crippen molar-refractivity contribution < 1.29 is 4.74 Å². The smallest absolute Gasteiger partial charge is 0.0659 e. The first kappa shape index (κ1) is 13.0. The van der Waals surface area contributed by atoms with Gasteiger partial charge in [0.25, 0.3) is 0 Å². The van der Waals surface area contributed by atoms with Gasteiger partial charge in [-0.2, -0.15) is 0 Å². The molecule has 0 aromatic heterocycles. The third kappa shape index (κ3) is 3.52. The fourth-order valence-electron chi connectivity index (χ4n) is 2.26. The van der Waals surface area contributed by atoms with Crippen molar-refractivity contribution in [3.05, 3.63) is 34.3 Å². The van der Waals surface area contributed by atoms with Gasteiger partial charge in [0.05, 0.1) is 12.1 Å². The van der Waals surface area contributed by atoms with E-state index < -0.39 is 0 Å². The zero-order valence-corrected chi connectivity index (χ0v) is 11.7. The molecule has 0 bridgehead atoms. The molecule has 0 aliphatic carbocycles. The third-order valence-electron chi connectivity index (χ3n) is 3.12. The van der Waals surface area contributed by atoms with Crippen LogP contribution in [0.4, 0.5) is 0 Å². The maximum absolute atomic E-state index is 6.27. The Morgan fingerprint density at radius 1 is 1.47 bits per heavy atom. The van der Waals surface area contributed by atoms with E-state index in [1.807, 2.05) is 6.07 Å². The summed E-state index contributed by atoms with van der Waals surface area (Å²) < 4.78 is 6.53. The number of hydrogen-bond donors (Lipinski definition) is 1. The van der Waals surface area contributed by atoms with Crippen LogP contribution >= 0.6 is 15.9 Å². The summed E-state index contributed by atoms with van der Waals surface area (Å²) in [6.45, 7) is 3.24. The average molecular weight is 299 g/mol. The van der Waals surface area contributed by atoms with E-state index in [0.717, 1.165) is 30.6 Å². The first-order valence-electron chi connectivity index (χ1n) is 5.88. The molecule has 1 fully saturated rings. The van der Waals surface area contributed by atoms with Crippen LogP contribution < -0.4 is 5.73 Å². The van der Waals surface area contributed by atoms with Crippen LogP contribution in [0.5, 0.6) is 0 Å². The lowest BCUT2D eigenvalue weighted by atomic mass is 9.99. The van der Waals surface area contributed by atoms with Crippen molar-refractivity contribution in [2.45, 2.75) is 18.5 Å². The van der Waals surface area contributed by atoms with Crippen LogP contribution in [0.25, 0.3) is 0 Å². The molecule has 17 heavy (non-hydrogen) atoms. The number of hydrogen-bond acceptors (Lipinski definition) is 3. The van der Waals surface area contributed by atoms with Crippen molar-refractivity contribution >= 4 is 15.9 Å². The molecule has 1 aromatic rings. The quantitative estimate of drug-likeness (QED) is 0.924. The SMILES string of the molecule is CN(Cc1ccccc1Br)CC1(N)CCOC1. The van der Waals surface area contributed by atoms with Crippen molar-refractivity contribution in [2.24, 2.45) is 5.73 Å². The molecule has 0 radical (unpaired) electrons. The molecule has 0 spiro atoms. The van der Waals surface area contributed by atoms with Crippen molar-refractivity contribution in [1.29, 1.82) is 0 Å². The largest absolute Gasteiger partial charge is 0.379 e. The summed E-state index contributed by atoms with van der Waals surface area (Å²) in [6, 6.07) is 8.29. The van der Waals surface area contributed by atoms with E-state index in [0.29, 0.717) is 6.61 Å². The second-order valence-electron chi connectivity index (χ2n) is 4.93. The van der Waals surface area contributed by atoms with Gasteiger partial charge in [0.2, 0.25) is 0 Å². The van der Waals surface area contributed by atoms with E-state index in [2.05, 4.69) is 46.1 Å². The van der Waals surface area contributed by atoms with Crippen LogP contribution in [-0.4, -0.2) is 37.2 Å². The van der Waals surface area contributed by atoms with E-state index in [9.17, 15) is 0 Å². The number of halogens is 1. The second kappa shape index (κ2) is 5.48. The van der Waals surface area contributed by atoms with Crippen LogP contribution in [0, 0.1) is 0 Å². The van der Waals surface area contributed by atoms with Crippen LogP contribution in [-0.2, 0) is 11.3 Å². The molecule has 94 valence electrons.